The van der Waals surface area contributed by atoms with Crippen molar-refractivity contribution in [3.63, 3.8) is 0 Å². The molecule has 0 unspecified atom stereocenters. The minimum Gasteiger partial charge on any atom is -0.459 e. The van der Waals surface area contributed by atoms with Gasteiger partial charge in [0.05, 0.1) is 0 Å². The van der Waals surface area contributed by atoms with Crippen LogP contribution in [0.2, 0.25) is 0 Å². The van der Waals surface area contributed by atoms with Gasteiger partial charge in [-0.25, -0.2) is 0 Å². The molecule has 4 heteroatoms. The number of rotatable bonds is 8. The number of benzene rings is 2. The molecule has 0 aromatic heterocycles. The number of carbonyl (C=O) groups excluding carboxylic acids is 2. The van der Waals surface area contributed by atoms with E-state index in [0.29, 0.717) is 0 Å². The van der Waals surface area contributed by atoms with Crippen LogP contribution in [0.5, 0.6) is 0 Å². The first kappa shape index (κ1) is 26.1. The summed E-state index contributed by atoms with van der Waals surface area (Å²) >= 11 is 0. The molecule has 0 heterocycles. The Labute approximate surface area is 198 Å². The van der Waals surface area contributed by atoms with Gasteiger partial charge in [-0.3, -0.25) is 9.59 Å². The van der Waals surface area contributed by atoms with Gasteiger partial charge in [-0.2, -0.15) is 0 Å². The van der Waals surface area contributed by atoms with E-state index < -0.39 is 28.6 Å². The first-order valence-electron chi connectivity index (χ1n) is 11.3. The molecule has 0 N–H and O–H groups in total. The molecule has 2 rings (SSSR count). The van der Waals surface area contributed by atoms with Gasteiger partial charge >= 0.3 is 11.9 Å². The van der Waals surface area contributed by atoms with Gasteiger partial charge in [0.25, 0.3) is 0 Å². The predicted molar refractivity (Wildman–Crippen MR) is 134 cm³/mol. The fourth-order valence-corrected chi connectivity index (χ4v) is 3.17. The summed E-state index contributed by atoms with van der Waals surface area (Å²) < 4.78 is 11.5. The third-order valence-corrected chi connectivity index (χ3v) is 4.73. The third kappa shape index (κ3) is 8.72. The fraction of sp³-hybridized carbons (Fsp3) is 0.379. The summed E-state index contributed by atoms with van der Waals surface area (Å²) in [5.74, 6) is -1.17. The van der Waals surface area contributed by atoms with E-state index in [1.807, 2.05) is 85.0 Å². The largest absolute Gasteiger partial charge is 0.459 e. The minimum atomic E-state index is -1.50. The highest BCUT2D eigenvalue weighted by Crippen LogP contribution is 2.35. The van der Waals surface area contributed by atoms with Crippen molar-refractivity contribution in [3.05, 3.63) is 83.9 Å². The van der Waals surface area contributed by atoms with Crippen LogP contribution in [0, 0.1) is 5.41 Å². The molecule has 176 valence electrons. The van der Waals surface area contributed by atoms with Gasteiger partial charge < -0.3 is 9.47 Å². The Balaban J connectivity index is 2.45. The van der Waals surface area contributed by atoms with E-state index in [1.54, 1.807) is 41.5 Å². The molecule has 0 saturated heterocycles. The normalized spacial score (nSPS) is 12.8. The van der Waals surface area contributed by atoms with E-state index in [9.17, 15) is 9.59 Å². The summed E-state index contributed by atoms with van der Waals surface area (Å²) in [4.78, 5) is 27.0. The molecule has 0 aliphatic rings. The number of esters is 2. The molecule has 0 aliphatic carbocycles. The molecule has 33 heavy (non-hydrogen) atoms. The molecule has 0 aliphatic heterocycles. The van der Waals surface area contributed by atoms with E-state index in [2.05, 4.69) is 0 Å². The molecule has 2 aromatic rings. The standard InChI is InChI=1S/C29H36O4/c1-27(2,3)32-25(30)29(26(31)33-28(4,5)6,21-13-19-23-15-9-7-10-16-23)22-14-20-24-17-11-8-12-18-24/h7-20H,21-22H2,1-6H3/b19-13+,20-14+. The zero-order valence-electron chi connectivity index (χ0n) is 20.6. The second-order valence-corrected chi connectivity index (χ2v) is 10.1. The summed E-state index contributed by atoms with van der Waals surface area (Å²) in [7, 11) is 0. The van der Waals surface area contributed by atoms with Crippen molar-refractivity contribution in [2.24, 2.45) is 5.41 Å². The van der Waals surface area contributed by atoms with Gasteiger partial charge in [0.15, 0.2) is 5.41 Å². The van der Waals surface area contributed by atoms with Crippen molar-refractivity contribution in [2.45, 2.75) is 65.6 Å². The number of hydrogen-bond acceptors (Lipinski definition) is 4. The zero-order chi connectivity index (χ0) is 24.5. The summed E-state index contributed by atoms with van der Waals surface area (Å²) in [5, 5.41) is 0. The van der Waals surface area contributed by atoms with Crippen molar-refractivity contribution in [1.82, 2.24) is 0 Å². The van der Waals surface area contributed by atoms with Crippen LogP contribution in [0.4, 0.5) is 0 Å². The van der Waals surface area contributed by atoms with Crippen LogP contribution in [0.3, 0.4) is 0 Å². The van der Waals surface area contributed by atoms with E-state index in [4.69, 9.17) is 9.47 Å². The summed E-state index contributed by atoms with van der Waals surface area (Å²) in [5.41, 5.74) is -1.01. The Morgan fingerprint density at radius 1 is 0.636 bits per heavy atom. The quantitative estimate of drug-likeness (QED) is 0.327. The van der Waals surface area contributed by atoms with Crippen LogP contribution < -0.4 is 0 Å². The molecular weight excluding hydrogens is 412 g/mol. The average molecular weight is 449 g/mol. The van der Waals surface area contributed by atoms with Gasteiger partial charge in [0.1, 0.15) is 11.2 Å². The summed E-state index contributed by atoms with van der Waals surface area (Å²) in [6.45, 7) is 10.8. The highest BCUT2D eigenvalue weighted by molar-refractivity contribution is 6.01. The lowest BCUT2D eigenvalue weighted by Gasteiger charge is -2.33. The number of hydrogen-bond donors (Lipinski definition) is 0. The van der Waals surface area contributed by atoms with Crippen LogP contribution in [0.1, 0.15) is 65.5 Å². The first-order valence-corrected chi connectivity index (χ1v) is 11.3. The molecule has 0 bridgehead atoms. The molecule has 0 saturated carbocycles. The van der Waals surface area contributed by atoms with E-state index in [-0.39, 0.29) is 12.8 Å². The Morgan fingerprint density at radius 3 is 1.27 bits per heavy atom. The molecule has 0 atom stereocenters. The maximum Gasteiger partial charge on any atom is 0.324 e. The maximum atomic E-state index is 13.5. The Kier molecular flexibility index (Phi) is 8.81. The van der Waals surface area contributed by atoms with Gasteiger partial charge in [0, 0.05) is 0 Å². The number of allylic oxidation sites excluding steroid dienone is 2. The highest BCUT2D eigenvalue weighted by atomic mass is 16.6. The lowest BCUT2D eigenvalue weighted by atomic mass is 9.80. The van der Waals surface area contributed by atoms with Crippen molar-refractivity contribution in [1.29, 1.82) is 0 Å². The molecule has 4 nitrogen and oxygen atoms in total. The van der Waals surface area contributed by atoms with Gasteiger partial charge in [0.2, 0.25) is 0 Å². The number of ether oxygens (including phenoxy) is 2. The van der Waals surface area contributed by atoms with Gasteiger partial charge in [-0.1, -0.05) is 85.0 Å². The summed E-state index contributed by atoms with van der Waals surface area (Å²) in [6.07, 6.45) is 7.82. The van der Waals surface area contributed by atoms with Gasteiger partial charge in [-0.05, 0) is 65.5 Å². The molecule has 0 spiro atoms. The Hall–Kier alpha value is -3.14. The van der Waals surface area contributed by atoms with Crippen molar-refractivity contribution in [3.8, 4) is 0 Å². The lowest BCUT2D eigenvalue weighted by molar-refractivity contribution is -0.185. The van der Waals surface area contributed by atoms with Gasteiger partial charge in [-0.15, -0.1) is 0 Å². The van der Waals surface area contributed by atoms with E-state index in [1.165, 1.54) is 0 Å². The van der Waals surface area contributed by atoms with Crippen molar-refractivity contribution in [2.75, 3.05) is 0 Å². The lowest BCUT2D eigenvalue weighted by Crippen LogP contribution is -2.46. The predicted octanol–water partition coefficient (Wildman–Crippen LogP) is 6.86. The Morgan fingerprint density at radius 2 is 0.970 bits per heavy atom. The topological polar surface area (TPSA) is 52.6 Å². The van der Waals surface area contributed by atoms with Crippen LogP contribution in [0.15, 0.2) is 72.8 Å². The zero-order valence-corrected chi connectivity index (χ0v) is 20.6. The van der Waals surface area contributed by atoms with Crippen molar-refractivity contribution < 1.29 is 19.1 Å². The molecule has 0 radical (unpaired) electrons. The molecule has 0 amide bonds. The van der Waals surface area contributed by atoms with Crippen LogP contribution >= 0.6 is 0 Å². The highest BCUT2D eigenvalue weighted by Gasteiger charge is 2.49. The van der Waals surface area contributed by atoms with Crippen LogP contribution in [-0.4, -0.2) is 23.1 Å². The van der Waals surface area contributed by atoms with Crippen molar-refractivity contribution >= 4 is 24.1 Å². The van der Waals surface area contributed by atoms with E-state index >= 15 is 0 Å². The maximum absolute atomic E-state index is 13.5. The monoisotopic (exact) mass is 448 g/mol. The van der Waals surface area contributed by atoms with Crippen LogP contribution in [0.25, 0.3) is 12.2 Å². The average Bonchev–Trinajstić information content (AvgIpc) is 2.71. The van der Waals surface area contributed by atoms with Crippen LogP contribution in [-0.2, 0) is 19.1 Å². The molecule has 0 fully saturated rings. The SMILES string of the molecule is CC(C)(C)OC(=O)C(C/C=C/c1ccccc1)(C/C=C/c1ccccc1)C(=O)OC(C)(C)C. The second-order valence-electron chi connectivity index (χ2n) is 10.1. The minimum absolute atomic E-state index is 0.158. The number of carbonyl (C=O) groups is 2. The molecular formula is C29H36O4. The third-order valence-electron chi connectivity index (χ3n) is 4.73. The fourth-order valence-electron chi connectivity index (χ4n) is 3.17. The summed E-state index contributed by atoms with van der Waals surface area (Å²) in [6, 6.07) is 19.5. The Bertz CT molecular complexity index is 877. The molecule has 2 aromatic carbocycles. The smallest absolute Gasteiger partial charge is 0.324 e. The first-order chi connectivity index (χ1) is 15.4. The second kappa shape index (κ2) is 11.1. The van der Waals surface area contributed by atoms with E-state index in [0.717, 1.165) is 11.1 Å².